The highest BCUT2D eigenvalue weighted by atomic mass is 19.1. The average molecular weight is 276 g/mol. The van der Waals surface area contributed by atoms with Gasteiger partial charge in [0.2, 0.25) is 5.75 Å². The number of rotatable bonds is 4. The summed E-state index contributed by atoms with van der Waals surface area (Å²) in [4.78, 5) is 10.5. The van der Waals surface area contributed by atoms with Gasteiger partial charge in [-0.05, 0) is 30.7 Å². The fourth-order valence-electron chi connectivity index (χ4n) is 1.83. The summed E-state index contributed by atoms with van der Waals surface area (Å²) in [5.41, 5.74) is 6.45. The van der Waals surface area contributed by atoms with Crippen molar-refractivity contribution in [3.63, 3.8) is 0 Å². The Kier molecular flexibility index (Phi) is 3.95. The van der Waals surface area contributed by atoms with E-state index in [2.05, 4.69) is 0 Å². The number of nitrogens with two attached hydrogens (primary N) is 1. The van der Waals surface area contributed by atoms with Gasteiger partial charge >= 0.3 is 5.69 Å². The van der Waals surface area contributed by atoms with Gasteiger partial charge in [-0.3, -0.25) is 10.1 Å². The molecule has 0 aliphatic heterocycles. The Hall–Kier alpha value is -2.47. The molecular formula is C14H13FN2O3. The molecule has 0 saturated carbocycles. The average Bonchev–Trinajstić information content (AvgIpc) is 2.42. The highest BCUT2D eigenvalue weighted by Crippen LogP contribution is 2.35. The van der Waals surface area contributed by atoms with E-state index in [1.807, 2.05) is 0 Å². The van der Waals surface area contributed by atoms with Crippen molar-refractivity contribution < 1.29 is 14.1 Å². The summed E-state index contributed by atoms with van der Waals surface area (Å²) in [6.45, 7) is 1.78. The minimum absolute atomic E-state index is 0.0762. The van der Waals surface area contributed by atoms with Crippen LogP contribution in [0.2, 0.25) is 0 Å². The number of halogens is 1. The number of benzene rings is 2. The summed E-state index contributed by atoms with van der Waals surface area (Å²) < 4.78 is 18.7. The maximum Gasteiger partial charge on any atom is 0.311 e. The Bertz CT molecular complexity index is 659. The van der Waals surface area contributed by atoms with Crippen LogP contribution in [0.15, 0.2) is 36.4 Å². The third kappa shape index (κ3) is 2.75. The molecule has 0 fully saturated rings. The van der Waals surface area contributed by atoms with Gasteiger partial charge in [0.1, 0.15) is 11.6 Å². The first-order chi connectivity index (χ1) is 9.52. The fourth-order valence-corrected chi connectivity index (χ4v) is 1.83. The second kappa shape index (κ2) is 5.66. The molecule has 0 spiro atoms. The van der Waals surface area contributed by atoms with Gasteiger partial charge in [-0.1, -0.05) is 12.1 Å². The van der Waals surface area contributed by atoms with Gasteiger partial charge in [0, 0.05) is 18.2 Å². The first-order valence-corrected chi connectivity index (χ1v) is 5.93. The van der Waals surface area contributed by atoms with Crippen LogP contribution >= 0.6 is 0 Å². The van der Waals surface area contributed by atoms with Crippen molar-refractivity contribution >= 4 is 5.69 Å². The largest absolute Gasteiger partial charge is 0.450 e. The predicted octanol–water partition coefficient (Wildman–Crippen LogP) is 3.29. The topological polar surface area (TPSA) is 78.4 Å². The lowest BCUT2D eigenvalue weighted by Gasteiger charge is -2.12. The van der Waals surface area contributed by atoms with Crippen molar-refractivity contribution in [3.8, 4) is 11.5 Å². The smallest absolute Gasteiger partial charge is 0.311 e. The molecule has 0 saturated heterocycles. The molecule has 0 atom stereocenters. The molecular weight excluding hydrogens is 263 g/mol. The van der Waals surface area contributed by atoms with Crippen LogP contribution in [-0.4, -0.2) is 4.92 Å². The lowest BCUT2D eigenvalue weighted by atomic mass is 10.1. The maximum atomic E-state index is 13.1. The van der Waals surface area contributed by atoms with Crippen LogP contribution in [0.3, 0.4) is 0 Å². The number of nitrogens with zero attached hydrogens (tertiary/aromatic N) is 1. The number of nitro benzene ring substituents is 1. The van der Waals surface area contributed by atoms with Gasteiger partial charge in [0.15, 0.2) is 0 Å². The van der Waals surface area contributed by atoms with E-state index in [-0.39, 0.29) is 18.0 Å². The monoisotopic (exact) mass is 276 g/mol. The standard InChI is InChI=1S/C14H13FN2O3/c1-9-3-2-4-12(17(18)19)14(9)20-13-6-5-11(15)7-10(13)8-16/h2-7H,8,16H2,1H3. The van der Waals surface area contributed by atoms with Crippen LogP contribution in [0.4, 0.5) is 10.1 Å². The normalized spacial score (nSPS) is 10.3. The van der Waals surface area contributed by atoms with E-state index in [4.69, 9.17) is 10.5 Å². The van der Waals surface area contributed by atoms with Crippen LogP contribution in [0.25, 0.3) is 0 Å². The Morgan fingerprint density at radius 3 is 2.75 bits per heavy atom. The van der Waals surface area contributed by atoms with Crippen molar-refractivity contribution in [3.05, 3.63) is 63.5 Å². The molecule has 2 aromatic rings. The van der Waals surface area contributed by atoms with E-state index in [0.29, 0.717) is 16.9 Å². The molecule has 0 unspecified atom stereocenters. The summed E-state index contributed by atoms with van der Waals surface area (Å²) in [5, 5.41) is 11.0. The van der Waals surface area contributed by atoms with Gasteiger partial charge in [0.05, 0.1) is 4.92 Å². The molecule has 0 heterocycles. The number of nitro groups is 1. The molecule has 6 heteroatoms. The molecule has 0 bridgehead atoms. The maximum absolute atomic E-state index is 13.1. The van der Waals surface area contributed by atoms with Gasteiger partial charge in [-0.15, -0.1) is 0 Å². The third-order valence-electron chi connectivity index (χ3n) is 2.84. The van der Waals surface area contributed by atoms with E-state index < -0.39 is 10.7 Å². The second-order valence-corrected chi connectivity index (χ2v) is 4.24. The van der Waals surface area contributed by atoms with E-state index in [1.54, 1.807) is 19.1 Å². The predicted molar refractivity (Wildman–Crippen MR) is 72.2 cm³/mol. The Morgan fingerprint density at radius 2 is 2.10 bits per heavy atom. The number of para-hydroxylation sites is 1. The highest BCUT2D eigenvalue weighted by molar-refractivity contribution is 5.53. The van der Waals surface area contributed by atoms with E-state index >= 15 is 0 Å². The molecule has 2 N–H and O–H groups in total. The first-order valence-electron chi connectivity index (χ1n) is 5.93. The molecule has 2 aromatic carbocycles. The summed E-state index contributed by atoms with van der Waals surface area (Å²) in [7, 11) is 0. The molecule has 0 aliphatic carbocycles. The first kappa shape index (κ1) is 14.0. The van der Waals surface area contributed by atoms with Crippen molar-refractivity contribution in [2.75, 3.05) is 0 Å². The molecule has 104 valence electrons. The molecule has 0 aliphatic rings. The summed E-state index contributed by atoms with van der Waals surface area (Å²) >= 11 is 0. The van der Waals surface area contributed by atoms with Crippen molar-refractivity contribution in [2.24, 2.45) is 5.73 Å². The van der Waals surface area contributed by atoms with Crippen LogP contribution in [-0.2, 0) is 6.54 Å². The zero-order chi connectivity index (χ0) is 14.7. The summed E-state index contributed by atoms with van der Waals surface area (Å²) in [6.07, 6.45) is 0. The van der Waals surface area contributed by atoms with Gasteiger partial charge in [0.25, 0.3) is 0 Å². The Labute approximate surface area is 114 Å². The zero-order valence-corrected chi connectivity index (χ0v) is 10.8. The quantitative estimate of drug-likeness (QED) is 0.686. The molecule has 0 aromatic heterocycles. The van der Waals surface area contributed by atoms with E-state index in [0.717, 1.165) is 0 Å². The lowest BCUT2D eigenvalue weighted by molar-refractivity contribution is -0.385. The van der Waals surface area contributed by atoms with Crippen LogP contribution < -0.4 is 10.5 Å². The zero-order valence-electron chi connectivity index (χ0n) is 10.8. The number of hydrogen-bond acceptors (Lipinski definition) is 4. The SMILES string of the molecule is Cc1cccc([N+](=O)[O-])c1Oc1ccc(F)cc1CN. The summed E-state index contributed by atoms with van der Waals surface area (Å²) in [6, 6.07) is 8.52. The minimum atomic E-state index is -0.520. The number of hydrogen-bond donors (Lipinski definition) is 1. The van der Waals surface area contributed by atoms with Gasteiger partial charge < -0.3 is 10.5 Å². The van der Waals surface area contributed by atoms with Crippen LogP contribution in [0.1, 0.15) is 11.1 Å². The minimum Gasteiger partial charge on any atom is -0.450 e. The second-order valence-electron chi connectivity index (χ2n) is 4.24. The molecule has 2 rings (SSSR count). The van der Waals surface area contributed by atoms with Gasteiger partial charge in [-0.25, -0.2) is 4.39 Å². The number of aryl methyl sites for hydroxylation is 1. The van der Waals surface area contributed by atoms with Crippen molar-refractivity contribution in [1.82, 2.24) is 0 Å². The van der Waals surface area contributed by atoms with E-state index in [1.165, 1.54) is 24.3 Å². The fraction of sp³-hybridized carbons (Fsp3) is 0.143. The Balaban J connectivity index is 2.47. The summed E-state index contributed by atoms with van der Waals surface area (Å²) in [5.74, 6) is 0.0159. The highest BCUT2D eigenvalue weighted by Gasteiger charge is 2.18. The molecule has 20 heavy (non-hydrogen) atoms. The molecule has 0 amide bonds. The number of ether oxygens (including phenoxy) is 1. The molecule has 5 nitrogen and oxygen atoms in total. The van der Waals surface area contributed by atoms with Crippen LogP contribution in [0, 0.1) is 22.9 Å². The van der Waals surface area contributed by atoms with Gasteiger partial charge in [-0.2, -0.15) is 0 Å². The van der Waals surface area contributed by atoms with E-state index in [9.17, 15) is 14.5 Å². The van der Waals surface area contributed by atoms with Crippen molar-refractivity contribution in [1.29, 1.82) is 0 Å². The van der Waals surface area contributed by atoms with Crippen LogP contribution in [0.5, 0.6) is 11.5 Å². The lowest BCUT2D eigenvalue weighted by Crippen LogP contribution is -2.02. The molecule has 0 radical (unpaired) electrons. The van der Waals surface area contributed by atoms with Crippen molar-refractivity contribution in [2.45, 2.75) is 13.5 Å². The Morgan fingerprint density at radius 1 is 1.35 bits per heavy atom. The third-order valence-corrected chi connectivity index (χ3v) is 2.84.